The van der Waals surface area contributed by atoms with E-state index in [0.29, 0.717) is 39.3 Å². The Morgan fingerprint density at radius 1 is 1.15 bits per heavy atom. The number of nitrogens with zero attached hydrogens (tertiary/aromatic N) is 4. The van der Waals surface area contributed by atoms with Crippen LogP contribution in [0.25, 0.3) is 0 Å². The molecule has 0 radical (unpaired) electrons. The number of carbonyl (C=O) groups excluding carboxylic acids is 2. The maximum Gasteiger partial charge on any atom is 0.410 e. The van der Waals surface area contributed by atoms with Crippen molar-refractivity contribution in [1.82, 2.24) is 14.7 Å². The van der Waals surface area contributed by atoms with E-state index in [1.54, 1.807) is 23.3 Å². The molecule has 1 aliphatic heterocycles. The molecule has 0 aromatic carbocycles. The van der Waals surface area contributed by atoms with Gasteiger partial charge in [-0.05, 0) is 20.8 Å². The Hall–Kier alpha value is -2.75. The minimum atomic E-state index is -0.533. The highest BCUT2D eigenvalue weighted by atomic mass is 16.6. The van der Waals surface area contributed by atoms with Gasteiger partial charge in [-0.25, -0.2) is 4.79 Å². The molecule has 0 bridgehead atoms. The first-order valence-electron chi connectivity index (χ1n) is 8.56. The van der Waals surface area contributed by atoms with E-state index in [1.807, 2.05) is 31.7 Å². The summed E-state index contributed by atoms with van der Waals surface area (Å²) in [6.07, 6.45) is 4.43. The number of piperazine rings is 1. The van der Waals surface area contributed by atoms with Gasteiger partial charge in [0.25, 0.3) is 5.91 Å². The van der Waals surface area contributed by atoms with Gasteiger partial charge in [-0.15, -0.1) is 13.2 Å². The van der Waals surface area contributed by atoms with Crippen molar-refractivity contribution in [3.8, 4) is 6.07 Å². The van der Waals surface area contributed by atoms with Crippen LogP contribution in [-0.4, -0.2) is 71.6 Å². The van der Waals surface area contributed by atoms with Crippen LogP contribution < -0.4 is 0 Å². The number of hydrogen-bond donors (Lipinski definition) is 0. The number of ether oxygens (including phenoxy) is 1. The average Bonchev–Trinajstić information content (AvgIpc) is 2.58. The molecule has 0 aromatic heterocycles. The highest BCUT2D eigenvalue weighted by Crippen LogP contribution is 2.13. The van der Waals surface area contributed by atoms with E-state index in [4.69, 9.17) is 4.74 Å². The molecular formula is C19H28N4O3. The Bertz CT molecular complexity index is 595. The van der Waals surface area contributed by atoms with Crippen molar-refractivity contribution in [3.05, 3.63) is 37.1 Å². The molecule has 0 unspecified atom stereocenters. The quantitative estimate of drug-likeness (QED) is 0.412. The van der Waals surface area contributed by atoms with Crippen LogP contribution in [0.2, 0.25) is 0 Å². The van der Waals surface area contributed by atoms with Crippen molar-refractivity contribution < 1.29 is 14.3 Å². The topological polar surface area (TPSA) is 76.9 Å². The van der Waals surface area contributed by atoms with Crippen molar-refractivity contribution in [2.75, 3.05) is 39.3 Å². The lowest BCUT2D eigenvalue weighted by Gasteiger charge is -2.35. The van der Waals surface area contributed by atoms with Crippen molar-refractivity contribution in [2.24, 2.45) is 0 Å². The zero-order valence-electron chi connectivity index (χ0n) is 15.9. The van der Waals surface area contributed by atoms with Gasteiger partial charge in [-0.1, -0.05) is 12.2 Å². The third-order valence-electron chi connectivity index (χ3n) is 3.61. The van der Waals surface area contributed by atoms with Gasteiger partial charge >= 0.3 is 6.09 Å². The number of nitriles is 1. The van der Waals surface area contributed by atoms with Crippen LogP contribution in [0.3, 0.4) is 0 Å². The molecule has 1 aliphatic rings. The maximum atomic E-state index is 12.5. The fraction of sp³-hybridized carbons (Fsp3) is 0.526. The Labute approximate surface area is 155 Å². The fourth-order valence-electron chi connectivity index (χ4n) is 2.40. The number of amides is 2. The van der Waals surface area contributed by atoms with Gasteiger partial charge in [-0.2, -0.15) is 5.26 Å². The lowest BCUT2D eigenvalue weighted by atomic mass is 10.2. The molecule has 1 fully saturated rings. The minimum Gasteiger partial charge on any atom is -0.444 e. The normalized spacial score (nSPS) is 15.1. The van der Waals surface area contributed by atoms with Crippen LogP contribution in [0.15, 0.2) is 37.1 Å². The fourth-order valence-corrected chi connectivity index (χ4v) is 2.40. The molecule has 0 aliphatic carbocycles. The zero-order chi connectivity index (χ0) is 19.7. The predicted molar refractivity (Wildman–Crippen MR) is 100 cm³/mol. The van der Waals surface area contributed by atoms with E-state index >= 15 is 0 Å². The summed E-state index contributed by atoms with van der Waals surface area (Å²) in [6.45, 7) is 15.4. The summed E-state index contributed by atoms with van der Waals surface area (Å²) in [5.74, 6) is -0.359. The molecule has 1 rings (SSSR count). The molecule has 0 aromatic rings. The van der Waals surface area contributed by atoms with E-state index in [0.717, 1.165) is 0 Å². The Morgan fingerprint density at radius 2 is 1.69 bits per heavy atom. The first-order valence-corrected chi connectivity index (χ1v) is 8.56. The second-order valence-corrected chi connectivity index (χ2v) is 6.95. The summed E-state index contributed by atoms with van der Waals surface area (Å²) in [6, 6.07) is 1.97. The Balaban J connectivity index is 2.71. The Kier molecular flexibility index (Phi) is 7.91. The summed E-state index contributed by atoms with van der Waals surface area (Å²) < 4.78 is 5.36. The molecule has 1 heterocycles. The van der Waals surface area contributed by atoms with Crippen LogP contribution >= 0.6 is 0 Å². The van der Waals surface area contributed by atoms with Gasteiger partial charge in [0.15, 0.2) is 0 Å². The molecule has 0 spiro atoms. The highest BCUT2D eigenvalue weighted by Gasteiger charge is 2.26. The van der Waals surface area contributed by atoms with Gasteiger partial charge in [0.2, 0.25) is 0 Å². The highest BCUT2D eigenvalue weighted by molar-refractivity contribution is 5.97. The van der Waals surface area contributed by atoms with E-state index < -0.39 is 5.60 Å². The van der Waals surface area contributed by atoms with Crippen LogP contribution in [0.1, 0.15) is 20.8 Å². The molecule has 0 atom stereocenters. The van der Waals surface area contributed by atoms with E-state index in [9.17, 15) is 14.9 Å². The van der Waals surface area contributed by atoms with Crippen molar-refractivity contribution in [3.63, 3.8) is 0 Å². The minimum absolute atomic E-state index is 0.0550. The van der Waals surface area contributed by atoms with Gasteiger partial charge in [0.05, 0.1) is 0 Å². The summed E-state index contributed by atoms with van der Waals surface area (Å²) >= 11 is 0. The first kappa shape index (κ1) is 21.3. The largest absolute Gasteiger partial charge is 0.444 e. The standard InChI is InChI=1S/C19H28N4O3/c1-6-8-22(9-7-2)17(24)16(14-20)15-21-10-12-23(13-11-21)18(25)26-19(3,4)5/h6-7,15H,1-2,8-13H2,3-5H3/b16-15-. The van der Waals surface area contributed by atoms with Gasteiger partial charge in [0, 0.05) is 45.5 Å². The van der Waals surface area contributed by atoms with Crippen molar-refractivity contribution in [1.29, 1.82) is 5.26 Å². The SMILES string of the molecule is C=CCN(CC=C)C(=O)/C(C#N)=C\N1CCN(C(=O)OC(C)(C)C)CC1. The molecule has 2 amide bonds. The number of carbonyl (C=O) groups is 2. The van der Waals surface area contributed by atoms with E-state index in [1.165, 1.54) is 4.90 Å². The third kappa shape index (κ3) is 6.63. The van der Waals surface area contributed by atoms with Crippen LogP contribution in [0.5, 0.6) is 0 Å². The van der Waals surface area contributed by atoms with Crippen molar-refractivity contribution in [2.45, 2.75) is 26.4 Å². The van der Waals surface area contributed by atoms with Crippen LogP contribution in [-0.2, 0) is 9.53 Å². The third-order valence-corrected chi connectivity index (χ3v) is 3.61. The summed E-state index contributed by atoms with van der Waals surface area (Å²) in [4.78, 5) is 29.6. The molecule has 1 saturated heterocycles. The Morgan fingerprint density at radius 3 is 2.12 bits per heavy atom. The smallest absolute Gasteiger partial charge is 0.410 e. The summed E-state index contributed by atoms with van der Waals surface area (Å²) in [5, 5.41) is 9.35. The second kappa shape index (κ2) is 9.66. The second-order valence-electron chi connectivity index (χ2n) is 6.95. The zero-order valence-corrected chi connectivity index (χ0v) is 15.9. The molecule has 26 heavy (non-hydrogen) atoms. The van der Waals surface area contributed by atoms with Gasteiger partial charge in [-0.3, -0.25) is 4.79 Å². The summed E-state index contributed by atoms with van der Waals surface area (Å²) in [7, 11) is 0. The molecule has 142 valence electrons. The van der Waals surface area contributed by atoms with E-state index in [2.05, 4.69) is 13.2 Å². The molecule has 0 saturated carbocycles. The predicted octanol–water partition coefficient (Wildman–Crippen LogP) is 2.15. The van der Waals surface area contributed by atoms with Crippen molar-refractivity contribution >= 4 is 12.0 Å². The van der Waals surface area contributed by atoms with Gasteiger partial charge < -0.3 is 19.4 Å². The number of rotatable bonds is 6. The molecule has 0 N–H and O–H groups in total. The molecular weight excluding hydrogens is 332 g/mol. The molecule has 7 heteroatoms. The van der Waals surface area contributed by atoms with Crippen LogP contribution in [0, 0.1) is 11.3 Å². The van der Waals surface area contributed by atoms with E-state index in [-0.39, 0.29) is 17.6 Å². The monoisotopic (exact) mass is 360 g/mol. The first-order chi connectivity index (χ1) is 12.2. The number of hydrogen-bond acceptors (Lipinski definition) is 5. The maximum absolute atomic E-state index is 12.5. The lowest BCUT2D eigenvalue weighted by Crippen LogP contribution is -2.48. The average molecular weight is 360 g/mol. The van der Waals surface area contributed by atoms with Gasteiger partial charge in [0.1, 0.15) is 17.2 Å². The molecule has 7 nitrogen and oxygen atoms in total. The van der Waals surface area contributed by atoms with Crippen LogP contribution in [0.4, 0.5) is 4.79 Å². The lowest BCUT2D eigenvalue weighted by molar-refractivity contribution is -0.125. The summed E-state index contributed by atoms with van der Waals surface area (Å²) in [5.41, 5.74) is -0.478.